The molecule has 4 atom stereocenters. The zero-order valence-electron chi connectivity index (χ0n) is 29.0. The lowest BCUT2D eigenvalue weighted by molar-refractivity contribution is -0.0122. The smallest absolute Gasteiger partial charge is 0.323 e. The van der Waals surface area contributed by atoms with Gasteiger partial charge in [0.2, 0.25) is 0 Å². The number of hydrogen-bond donors (Lipinski definition) is 4. The van der Waals surface area contributed by atoms with Crippen LogP contribution in [-0.2, 0) is 4.74 Å². The van der Waals surface area contributed by atoms with Gasteiger partial charge < -0.3 is 40.3 Å². The molecule has 11 heteroatoms. The number of aliphatic hydroxyl groups is 1. The van der Waals surface area contributed by atoms with E-state index in [0.717, 1.165) is 30.0 Å². The van der Waals surface area contributed by atoms with Crippen LogP contribution >= 0.6 is 0 Å². The monoisotopic (exact) mass is 661 g/mol. The first-order valence-corrected chi connectivity index (χ1v) is 16.9. The van der Waals surface area contributed by atoms with Crippen molar-refractivity contribution in [1.82, 2.24) is 15.1 Å². The number of rotatable bonds is 7. The Kier molecular flexibility index (Phi) is 13.0. The van der Waals surface area contributed by atoms with Crippen LogP contribution in [0, 0.1) is 5.92 Å². The van der Waals surface area contributed by atoms with Crippen molar-refractivity contribution in [2.24, 2.45) is 5.92 Å². The van der Waals surface area contributed by atoms with Crippen LogP contribution < -0.4 is 20.7 Å². The van der Waals surface area contributed by atoms with Gasteiger partial charge in [0.25, 0.3) is 5.91 Å². The number of hydrogen-bond acceptors (Lipinski definition) is 6. The summed E-state index contributed by atoms with van der Waals surface area (Å²) in [6.45, 7) is 10.4. The number of amides is 5. The fourth-order valence-corrected chi connectivity index (χ4v) is 5.79. The maximum absolute atomic E-state index is 14.4. The van der Waals surface area contributed by atoms with Gasteiger partial charge in [-0.2, -0.15) is 0 Å². The highest BCUT2D eigenvalue weighted by Crippen LogP contribution is 2.29. The number of nitrogens with one attached hydrogen (secondary N) is 3. The Hall–Kier alpha value is -4.35. The molecule has 3 aromatic carbocycles. The zero-order chi connectivity index (χ0) is 34.8. The van der Waals surface area contributed by atoms with Crippen molar-refractivity contribution in [2.45, 2.75) is 78.2 Å². The molecule has 1 aliphatic rings. The first-order valence-electron chi connectivity index (χ1n) is 16.9. The number of nitrogens with zero attached hydrogens (tertiary/aromatic N) is 2. The van der Waals surface area contributed by atoms with E-state index in [-0.39, 0.29) is 54.8 Å². The number of benzene rings is 3. The standard InChI is InChI=1S/C37H51N5O6/c1-24(2)38-37(46)41(6)22-34-25(3)21-42(26(4)23-43)35(44)31-20-29(17-18-33(31)48-27(5)12-9-10-19-47-34)39-36(45)40-32-16-11-14-28-13-7-8-15-30(28)32/h7-8,11,13-18,20,24-27,34,43H,9-10,12,19,21-23H2,1-6H3,(H,38,46)(H2,39,40,45)/t25-,26+,27-,34-/m1/s1. The highest BCUT2D eigenvalue weighted by Gasteiger charge is 2.31. The molecule has 48 heavy (non-hydrogen) atoms. The Labute approximate surface area is 284 Å². The van der Waals surface area contributed by atoms with Crippen molar-refractivity contribution in [2.75, 3.05) is 44.0 Å². The second kappa shape index (κ2) is 17.2. The number of aliphatic hydroxyl groups excluding tert-OH is 1. The van der Waals surface area contributed by atoms with Gasteiger partial charge in [-0.3, -0.25) is 4.79 Å². The van der Waals surface area contributed by atoms with Crippen LogP contribution in [0.1, 0.15) is 64.2 Å². The van der Waals surface area contributed by atoms with Gasteiger partial charge in [0.1, 0.15) is 5.75 Å². The third kappa shape index (κ3) is 9.84. The molecule has 1 heterocycles. The molecule has 0 saturated carbocycles. The molecule has 0 aliphatic carbocycles. The van der Waals surface area contributed by atoms with Gasteiger partial charge >= 0.3 is 12.1 Å². The van der Waals surface area contributed by atoms with E-state index < -0.39 is 12.1 Å². The molecule has 1 aliphatic heterocycles. The molecule has 0 unspecified atom stereocenters. The zero-order valence-corrected chi connectivity index (χ0v) is 29.0. The molecule has 3 aromatic rings. The summed E-state index contributed by atoms with van der Waals surface area (Å²) in [5, 5.41) is 20.9. The van der Waals surface area contributed by atoms with Gasteiger partial charge in [0.05, 0.1) is 36.1 Å². The summed E-state index contributed by atoms with van der Waals surface area (Å²) < 4.78 is 12.7. The minimum Gasteiger partial charge on any atom is -0.490 e. The summed E-state index contributed by atoms with van der Waals surface area (Å²) in [7, 11) is 1.73. The molecule has 0 bridgehead atoms. The summed E-state index contributed by atoms with van der Waals surface area (Å²) in [5.74, 6) is -0.119. The van der Waals surface area contributed by atoms with Crippen LogP contribution in [0.2, 0.25) is 0 Å². The quantitative estimate of drug-likeness (QED) is 0.234. The second-order valence-corrected chi connectivity index (χ2v) is 13.1. The maximum atomic E-state index is 14.4. The number of fused-ring (bicyclic) bond motifs is 2. The molecule has 0 fully saturated rings. The van der Waals surface area contributed by atoms with E-state index >= 15 is 0 Å². The first-order chi connectivity index (χ1) is 23.0. The molecule has 0 saturated heterocycles. The predicted molar refractivity (Wildman–Crippen MR) is 190 cm³/mol. The van der Waals surface area contributed by atoms with Crippen LogP contribution in [0.15, 0.2) is 60.7 Å². The summed E-state index contributed by atoms with van der Waals surface area (Å²) in [6, 6.07) is 17.4. The number of urea groups is 2. The minimum absolute atomic E-state index is 0.00578. The topological polar surface area (TPSA) is 132 Å². The van der Waals surface area contributed by atoms with Crippen LogP contribution in [0.5, 0.6) is 5.75 Å². The lowest BCUT2D eigenvalue weighted by Gasteiger charge is -2.36. The number of carbonyl (C=O) groups is 3. The average Bonchev–Trinajstić information content (AvgIpc) is 3.05. The van der Waals surface area contributed by atoms with Gasteiger partial charge in [-0.15, -0.1) is 0 Å². The van der Waals surface area contributed by atoms with Crippen molar-refractivity contribution < 1.29 is 29.0 Å². The molecule has 4 rings (SSSR count). The van der Waals surface area contributed by atoms with Gasteiger partial charge in [0, 0.05) is 49.8 Å². The van der Waals surface area contributed by atoms with Crippen LogP contribution in [0.3, 0.4) is 0 Å². The molecule has 11 nitrogen and oxygen atoms in total. The Morgan fingerprint density at radius 2 is 1.77 bits per heavy atom. The SMILES string of the molecule is CC(C)NC(=O)N(C)C[C@H]1OCCCC[C@@H](C)Oc2ccc(NC(=O)Nc3cccc4ccccc34)cc2C(=O)N([C@@H](C)CO)C[C@H]1C. The largest absolute Gasteiger partial charge is 0.490 e. The van der Waals surface area contributed by atoms with E-state index in [1.54, 1.807) is 42.0 Å². The highest BCUT2D eigenvalue weighted by atomic mass is 16.5. The normalized spacial score (nSPS) is 19.9. The third-order valence-electron chi connectivity index (χ3n) is 8.56. The minimum atomic E-state index is -0.521. The summed E-state index contributed by atoms with van der Waals surface area (Å²) in [6.07, 6.45) is 1.89. The third-order valence-corrected chi connectivity index (χ3v) is 8.56. The second-order valence-electron chi connectivity index (χ2n) is 13.1. The van der Waals surface area contributed by atoms with Crippen LogP contribution in [-0.4, -0.2) is 90.5 Å². The molecular formula is C37H51N5O6. The molecular weight excluding hydrogens is 610 g/mol. The molecule has 0 spiro atoms. The summed E-state index contributed by atoms with van der Waals surface area (Å²) in [4.78, 5) is 43.5. The predicted octanol–water partition coefficient (Wildman–Crippen LogP) is 6.33. The van der Waals surface area contributed by atoms with Gasteiger partial charge in [0.15, 0.2) is 0 Å². The van der Waals surface area contributed by atoms with Crippen molar-refractivity contribution in [3.8, 4) is 5.75 Å². The lowest BCUT2D eigenvalue weighted by Crippen LogP contribution is -2.49. The fraction of sp³-hybridized carbons (Fsp3) is 0.486. The Morgan fingerprint density at radius 1 is 1.02 bits per heavy atom. The number of likely N-dealkylation sites (N-methyl/N-ethyl adjacent to an activating group) is 1. The van der Waals surface area contributed by atoms with E-state index in [0.29, 0.717) is 30.3 Å². The van der Waals surface area contributed by atoms with Crippen molar-refractivity contribution >= 4 is 40.1 Å². The van der Waals surface area contributed by atoms with E-state index in [4.69, 9.17) is 9.47 Å². The number of ether oxygens (including phenoxy) is 2. The molecule has 260 valence electrons. The Balaban J connectivity index is 1.61. The van der Waals surface area contributed by atoms with E-state index in [9.17, 15) is 19.5 Å². The van der Waals surface area contributed by atoms with Gasteiger partial charge in [-0.05, 0) is 76.6 Å². The average molecular weight is 662 g/mol. The molecule has 0 aromatic heterocycles. The van der Waals surface area contributed by atoms with Crippen molar-refractivity contribution in [1.29, 1.82) is 0 Å². The summed E-state index contributed by atoms with van der Waals surface area (Å²) >= 11 is 0. The summed E-state index contributed by atoms with van der Waals surface area (Å²) in [5.41, 5.74) is 1.36. The van der Waals surface area contributed by atoms with E-state index in [2.05, 4.69) is 16.0 Å². The van der Waals surface area contributed by atoms with Gasteiger partial charge in [-0.1, -0.05) is 43.3 Å². The molecule has 0 radical (unpaired) electrons. The first kappa shape index (κ1) is 36.5. The van der Waals surface area contributed by atoms with E-state index in [1.807, 2.05) is 70.2 Å². The Bertz CT molecular complexity index is 1540. The molecule has 4 N–H and O–H groups in total. The fourth-order valence-electron chi connectivity index (χ4n) is 5.79. The van der Waals surface area contributed by atoms with Crippen LogP contribution in [0.25, 0.3) is 10.8 Å². The number of carbonyl (C=O) groups excluding carboxylic acids is 3. The van der Waals surface area contributed by atoms with E-state index in [1.165, 1.54) is 0 Å². The van der Waals surface area contributed by atoms with Gasteiger partial charge in [-0.25, -0.2) is 9.59 Å². The van der Waals surface area contributed by atoms with Crippen LogP contribution in [0.4, 0.5) is 21.0 Å². The molecule has 5 amide bonds. The lowest BCUT2D eigenvalue weighted by atomic mass is 10.0. The Morgan fingerprint density at radius 3 is 2.52 bits per heavy atom. The van der Waals surface area contributed by atoms with Crippen molar-refractivity contribution in [3.63, 3.8) is 0 Å². The van der Waals surface area contributed by atoms with Crippen molar-refractivity contribution in [3.05, 3.63) is 66.2 Å². The number of anilines is 2. The highest BCUT2D eigenvalue weighted by molar-refractivity contribution is 6.07. The maximum Gasteiger partial charge on any atom is 0.323 e.